The van der Waals surface area contributed by atoms with Gasteiger partial charge < -0.3 is 0 Å². The average Bonchev–Trinajstić information content (AvgIpc) is 2.53. The molecule has 0 unspecified atom stereocenters. The summed E-state index contributed by atoms with van der Waals surface area (Å²) >= 11 is 0. The second-order valence-corrected chi connectivity index (χ2v) is 4.69. The van der Waals surface area contributed by atoms with Gasteiger partial charge in [-0.15, -0.1) is 0 Å². The van der Waals surface area contributed by atoms with E-state index in [4.69, 9.17) is 0 Å². The lowest BCUT2D eigenvalue weighted by atomic mass is 10.1. The number of carbonyl (C=O) groups excluding carboxylic acids is 2. The minimum absolute atomic E-state index is 0.0581. The Bertz CT molecular complexity index is 773. The molecule has 0 saturated heterocycles. The van der Waals surface area contributed by atoms with Crippen molar-refractivity contribution >= 4 is 17.5 Å². The summed E-state index contributed by atoms with van der Waals surface area (Å²) < 4.78 is 0. The lowest BCUT2D eigenvalue weighted by Gasteiger charge is -2.07. The fourth-order valence-corrected chi connectivity index (χ4v) is 1.72. The largest absolute Gasteiger partial charge is 0.273 e. The Morgan fingerprint density at radius 2 is 1.61 bits per heavy atom. The Kier molecular flexibility index (Phi) is 4.60. The maximum Gasteiger partial charge on any atom is 0.273 e. The number of hydrazine groups is 1. The quantitative estimate of drug-likeness (QED) is 0.644. The zero-order valence-electron chi connectivity index (χ0n) is 12.4. The van der Waals surface area contributed by atoms with Crippen LogP contribution in [0.3, 0.4) is 0 Å². The molecule has 0 fully saturated rings. The maximum absolute atomic E-state index is 11.9. The third kappa shape index (κ3) is 3.84. The molecule has 1 heterocycles. The molecule has 9 nitrogen and oxygen atoms in total. The van der Waals surface area contributed by atoms with Crippen LogP contribution in [0.1, 0.15) is 32.1 Å². The highest BCUT2D eigenvalue weighted by Crippen LogP contribution is 2.18. The number of nitro groups is 1. The highest BCUT2D eigenvalue weighted by Gasteiger charge is 2.15. The molecule has 0 atom stereocenters. The molecular formula is C14H13N5O4. The van der Waals surface area contributed by atoms with Crippen molar-refractivity contribution in [1.29, 1.82) is 0 Å². The molecule has 2 rings (SSSR count). The highest BCUT2D eigenvalue weighted by molar-refractivity contribution is 5.99. The zero-order chi connectivity index (χ0) is 17.0. The van der Waals surface area contributed by atoms with Crippen molar-refractivity contribution < 1.29 is 14.5 Å². The Balaban J connectivity index is 2.05. The van der Waals surface area contributed by atoms with Crippen molar-refractivity contribution in [1.82, 2.24) is 20.8 Å². The molecule has 2 N–H and O–H groups in total. The Labute approximate surface area is 130 Å². The van der Waals surface area contributed by atoms with E-state index < -0.39 is 16.7 Å². The van der Waals surface area contributed by atoms with E-state index in [0.717, 1.165) is 6.07 Å². The van der Waals surface area contributed by atoms with E-state index in [9.17, 15) is 19.7 Å². The van der Waals surface area contributed by atoms with E-state index in [2.05, 4.69) is 20.8 Å². The predicted molar refractivity (Wildman–Crippen MR) is 79.5 cm³/mol. The summed E-state index contributed by atoms with van der Waals surface area (Å²) in [6.07, 6.45) is 2.64. The van der Waals surface area contributed by atoms with Gasteiger partial charge in [0.15, 0.2) is 0 Å². The standard InChI is InChI=1S/C14H13N5O4/c1-8-3-4-10(5-12(8)19(22)23)13(20)17-18-14(21)11-6-15-9(2)16-7-11/h3-7H,1-2H3,(H,17,20)(H,18,21). The smallest absolute Gasteiger partial charge is 0.267 e. The lowest BCUT2D eigenvalue weighted by molar-refractivity contribution is -0.385. The van der Waals surface area contributed by atoms with Gasteiger partial charge in [-0.2, -0.15) is 0 Å². The fraction of sp³-hybridized carbons (Fsp3) is 0.143. The van der Waals surface area contributed by atoms with E-state index in [-0.39, 0.29) is 16.8 Å². The second kappa shape index (κ2) is 6.60. The molecule has 0 aliphatic heterocycles. The molecule has 0 bridgehead atoms. The monoisotopic (exact) mass is 315 g/mol. The molecule has 0 saturated carbocycles. The van der Waals surface area contributed by atoms with Crippen LogP contribution in [0.15, 0.2) is 30.6 Å². The van der Waals surface area contributed by atoms with Crippen LogP contribution in [-0.4, -0.2) is 26.7 Å². The van der Waals surface area contributed by atoms with Crippen LogP contribution in [0.25, 0.3) is 0 Å². The summed E-state index contributed by atoms with van der Waals surface area (Å²) in [5, 5.41) is 10.9. The molecule has 118 valence electrons. The van der Waals surface area contributed by atoms with E-state index in [1.165, 1.54) is 24.5 Å². The Morgan fingerprint density at radius 1 is 1.04 bits per heavy atom. The van der Waals surface area contributed by atoms with Gasteiger partial charge in [-0.3, -0.25) is 30.6 Å². The number of hydrogen-bond acceptors (Lipinski definition) is 6. The molecule has 1 aromatic carbocycles. The van der Waals surface area contributed by atoms with Crippen molar-refractivity contribution in [3.8, 4) is 0 Å². The first kappa shape index (κ1) is 16.0. The van der Waals surface area contributed by atoms with Gasteiger partial charge in [-0.25, -0.2) is 9.97 Å². The first-order chi connectivity index (χ1) is 10.9. The van der Waals surface area contributed by atoms with Gasteiger partial charge in [0, 0.05) is 29.6 Å². The topological polar surface area (TPSA) is 127 Å². The minimum Gasteiger partial charge on any atom is -0.267 e. The van der Waals surface area contributed by atoms with Crippen LogP contribution in [0.5, 0.6) is 0 Å². The SMILES string of the molecule is Cc1ncc(C(=O)NNC(=O)c2ccc(C)c([N+](=O)[O-])c2)cn1. The molecule has 0 aliphatic carbocycles. The zero-order valence-corrected chi connectivity index (χ0v) is 12.4. The summed E-state index contributed by atoms with van der Waals surface area (Å²) in [5.41, 5.74) is 4.87. The van der Waals surface area contributed by atoms with Crippen LogP contribution in [-0.2, 0) is 0 Å². The van der Waals surface area contributed by atoms with E-state index in [0.29, 0.717) is 11.4 Å². The van der Waals surface area contributed by atoms with Crippen LogP contribution < -0.4 is 10.9 Å². The number of aromatic nitrogens is 2. The van der Waals surface area contributed by atoms with Gasteiger partial charge in [0.2, 0.25) is 0 Å². The number of nitro benzene ring substituents is 1. The van der Waals surface area contributed by atoms with Gasteiger partial charge in [-0.1, -0.05) is 6.07 Å². The Morgan fingerprint density at radius 3 is 2.17 bits per heavy atom. The van der Waals surface area contributed by atoms with Gasteiger partial charge in [0.25, 0.3) is 17.5 Å². The number of nitrogens with zero attached hydrogens (tertiary/aromatic N) is 3. The van der Waals surface area contributed by atoms with Gasteiger partial charge in [-0.05, 0) is 19.9 Å². The molecule has 0 aliphatic rings. The number of aryl methyl sites for hydroxylation is 2. The normalized spacial score (nSPS) is 10.0. The lowest BCUT2D eigenvalue weighted by Crippen LogP contribution is -2.41. The average molecular weight is 315 g/mol. The number of rotatable bonds is 3. The molecule has 0 radical (unpaired) electrons. The van der Waals surface area contributed by atoms with Crippen molar-refractivity contribution in [3.63, 3.8) is 0 Å². The summed E-state index contributed by atoms with van der Waals surface area (Å²) in [7, 11) is 0. The van der Waals surface area contributed by atoms with Gasteiger partial charge >= 0.3 is 0 Å². The van der Waals surface area contributed by atoms with Crippen LogP contribution in [0, 0.1) is 24.0 Å². The summed E-state index contributed by atoms with van der Waals surface area (Å²) in [6.45, 7) is 3.24. The fourth-order valence-electron chi connectivity index (χ4n) is 1.72. The Hall–Kier alpha value is -3.36. The molecule has 0 spiro atoms. The molecule has 1 aromatic heterocycles. The molecule has 23 heavy (non-hydrogen) atoms. The van der Waals surface area contributed by atoms with Crippen molar-refractivity contribution in [2.75, 3.05) is 0 Å². The number of carbonyl (C=O) groups is 2. The van der Waals surface area contributed by atoms with Crippen molar-refractivity contribution in [3.05, 3.63) is 63.2 Å². The van der Waals surface area contributed by atoms with Gasteiger partial charge in [0.1, 0.15) is 5.82 Å². The van der Waals surface area contributed by atoms with Crippen LogP contribution in [0.4, 0.5) is 5.69 Å². The van der Waals surface area contributed by atoms with E-state index in [1.54, 1.807) is 13.8 Å². The predicted octanol–water partition coefficient (Wildman–Crippen LogP) is 1.08. The minimum atomic E-state index is -0.672. The number of amides is 2. The summed E-state index contributed by atoms with van der Waals surface area (Å²) in [5.74, 6) is -0.757. The molecule has 9 heteroatoms. The first-order valence-corrected chi connectivity index (χ1v) is 6.53. The molecule has 2 aromatic rings. The summed E-state index contributed by atoms with van der Waals surface area (Å²) in [6, 6.07) is 4.04. The third-order valence-electron chi connectivity index (χ3n) is 3.00. The van der Waals surface area contributed by atoms with Crippen molar-refractivity contribution in [2.45, 2.75) is 13.8 Å². The van der Waals surface area contributed by atoms with Gasteiger partial charge in [0.05, 0.1) is 10.5 Å². The summed E-state index contributed by atoms with van der Waals surface area (Å²) in [4.78, 5) is 41.8. The number of hydrogen-bond donors (Lipinski definition) is 2. The van der Waals surface area contributed by atoms with Crippen LogP contribution >= 0.6 is 0 Å². The highest BCUT2D eigenvalue weighted by atomic mass is 16.6. The van der Waals surface area contributed by atoms with E-state index >= 15 is 0 Å². The second-order valence-electron chi connectivity index (χ2n) is 4.69. The van der Waals surface area contributed by atoms with Crippen molar-refractivity contribution in [2.24, 2.45) is 0 Å². The molecule has 2 amide bonds. The number of benzene rings is 1. The molecular weight excluding hydrogens is 302 g/mol. The van der Waals surface area contributed by atoms with Crippen LogP contribution in [0.2, 0.25) is 0 Å². The van der Waals surface area contributed by atoms with E-state index in [1.807, 2.05) is 0 Å². The first-order valence-electron chi connectivity index (χ1n) is 6.53. The number of nitrogens with one attached hydrogen (secondary N) is 2. The third-order valence-corrected chi connectivity index (χ3v) is 3.00. The maximum atomic E-state index is 11.9.